The molecule has 5 aromatic carbocycles. The third-order valence-electron chi connectivity index (χ3n) is 7.07. The lowest BCUT2D eigenvalue weighted by Crippen LogP contribution is -1.96. The van der Waals surface area contributed by atoms with Gasteiger partial charge in [0.1, 0.15) is 6.07 Å². The van der Waals surface area contributed by atoms with Crippen LogP contribution in [0.25, 0.3) is 44.4 Å². The van der Waals surface area contributed by atoms with Crippen LogP contribution in [-0.4, -0.2) is 16.1 Å². The topological polar surface area (TPSA) is 76.9 Å². The van der Waals surface area contributed by atoms with Crippen molar-refractivity contribution in [1.82, 2.24) is 4.98 Å². The summed E-state index contributed by atoms with van der Waals surface area (Å²) >= 11 is 10.6. The van der Waals surface area contributed by atoms with Crippen molar-refractivity contribution < 1.29 is 9.90 Å². The zero-order valence-electron chi connectivity index (χ0n) is 25.0. The quantitative estimate of drug-likeness (QED) is 0.172. The van der Waals surface area contributed by atoms with Gasteiger partial charge < -0.3 is 10.1 Å². The number of rotatable bonds is 4. The van der Waals surface area contributed by atoms with Crippen molar-refractivity contribution in [3.8, 4) is 39.6 Å². The Balaban J connectivity index is 0.000000380. The predicted molar refractivity (Wildman–Crippen MR) is 186 cm³/mol. The minimum absolute atomic E-state index is 0.145. The summed E-state index contributed by atoms with van der Waals surface area (Å²) in [7, 11) is 0. The van der Waals surface area contributed by atoms with Gasteiger partial charge in [0, 0.05) is 37.5 Å². The summed E-state index contributed by atoms with van der Waals surface area (Å²) in [4.78, 5) is 15.9. The molecule has 0 amide bonds. The zero-order chi connectivity index (χ0) is 31.8. The van der Waals surface area contributed by atoms with Crippen LogP contribution in [0.5, 0.6) is 0 Å². The van der Waals surface area contributed by atoms with Crippen LogP contribution < -0.4 is 0 Å². The SMILES string of the molecule is CC.Cc1ccc(S)cc1.Cc1cccc(-c2c(-c3cccc(-c4ccc(C(=O)O)cc4Cl)c3)[nH]c3ccccc23)c1C#N. The van der Waals surface area contributed by atoms with Gasteiger partial charge in [0.05, 0.1) is 16.8 Å². The highest BCUT2D eigenvalue weighted by molar-refractivity contribution is 7.80. The maximum atomic E-state index is 11.3. The second-order valence-electron chi connectivity index (χ2n) is 9.95. The summed E-state index contributed by atoms with van der Waals surface area (Å²) in [6.45, 7) is 8.01. The molecule has 0 aliphatic heterocycles. The first-order chi connectivity index (χ1) is 21.3. The Morgan fingerprint density at radius 3 is 2.16 bits per heavy atom. The monoisotopic (exact) mass is 616 g/mol. The fourth-order valence-corrected chi connectivity index (χ4v) is 5.37. The highest BCUT2D eigenvalue weighted by atomic mass is 35.5. The number of halogens is 1. The number of nitriles is 1. The maximum Gasteiger partial charge on any atom is 0.335 e. The van der Waals surface area contributed by atoms with Gasteiger partial charge in [0.15, 0.2) is 0 Å². The number of aryl methyl sites for hydroxylation is 2. The van der Waals surface area contributed by atoms with Gasteiger partial charge in [0.25, 0.3) is 0 Å². The van der Waals surface area contributed by atoms with Crippen LogP contribution in [0.15, 0.2) is 114 Å². The van der Waals surface area contributed by atoms with Crippen LogP contribution in [0, 0.1) is 25.2 Å². The Labute approximate surface area is 269 Å². The number of benzene rings is 5. The highest BCUT2D eigenvalue weighted by Crippen LogP contribution is 2.41. The Bertz CT molecular complexity index is 1950. The number of para-hydroxylation sites is 1. The standard InChI is InChI=1S/C29H19ClN2O2.C7H8S.C2H6/c1-17-6-4-10-22(24(17)16-31)27-23-9-2-3-11-26(23)32-28(27)19-8-5-7-18(14-19)21-13-12-20(29(33)34)15-25(21)30;1-6-2-4-7(8)5-3-6;1-2/h2-15,32H,1H3,(H,33,34);2-5,8H,1H3;1-2H3. The normalized spacial score (nSPS) is 10.2. The molecule has 0 aliphatic carbocycles. The first-order valence-corrected chi connectivity index (χ1v) is 15.1. The lowest BCUT2D eigenvalue weighted by Gasteiger charge is -2.11. The molecule has 2 N–H and O–H groups in total. The molecule has 0 unspecified atom stereocenters. The van der Waals surface area contributed by atoms with Crippen molar-refractivity contribution in [2.24, 2.45) is 0 Å². The molecule has 0 saturated heterocycles. The van der Waals surface area contributed by atoms with Crippen LogP contribution >= 0.6 is 24.2 Å². The molecule has 1 heterocycles. The number of carboxylic acids is 1. The molecule has 0 aliphatic rings. The number of thiol groups is 1. The molecular formula is C38H33ClN2O2S. The minimum atomic E-state index is -1.02. The van der Waals surface area contributed by atoms with Crippen molar-refractivity contribution >= 4 is 41.1 Å². The van der Waals surface area contributed by atoms with E-state index in [4.69, 9.17) is 11.6 Å². The van der Waals surface area contributed by atoms with E-state index in [-0.39, 0.29) is 5.56 Å². The van der Waals surface area contributed by atoms with E-state index in [1.54, 1.807) is 12.1 Å². The van der Waals surface area contributed by atoms with Gasteiger partial charge in [-0.1, -0.05) is 104 Å². The number of aromatic nitrogens is 1. The van der Waals surface area contributed by atoms with Crippen LogP contribution in [-0.2, 0) is 0 Å². The summed E-state index contributed by atoms with van der Waals surface area (Å²) in [6.07, 6.45) is 0. The maximum absolute atomic E-state index is 11.3. The summed E-state index contributed by atoms with van der Waals surface area (Å²) in [5.41, 5.74) is 9.29. The lowest BCUT2D eigenvalue weighted by molar-refractivity contribution is 0.0697. The van der Waals surface area contributed by atoms with E-state index in [9.17, 15) is 15.2 Å². The fraction of sp³-hybridized carbons (Fsp3) is 0.105. The van der Waals surface area contributed by atoms with Crippen molar-refractivity contribution in [2.75, 3.05) is 0 Å². The van der Waals surface area contributed by atoms with E-state index in [1.165, 1.54) is 11.6 Å². The Kier molecular flexibility index (Phi) is 10.7. The molecule has 6 aromatic rings. The number of nitrogens with zero attached hydrogens (tertiary/aromatic N) is 1. The summed E-state index contributed by atoms with van der Waals surface area (Å²) in [5.74, 6) is -1.02. The van der Waals surface area contributed by atoms with Crippen LogP contribution in [0.1, 0.15) is 40.9 Å². The first-order valence-electron chi connectivity index (χ1n) is 14.3. The Morgan fingerprint density at radius 1 is 0.818 bits per heavy atom. The van der Waals surface area contributed by atoms with Gasteiger partial charge in [-0.05, 0) is 66.9 Å². The van der Waals surface area contributed by atoms with Crippen molar-refractivity contribution in [1.29, 1.82) is 5.26 Å². The molecule has 0 fully saturated rings. The van der Waals surface area contributed by atoms with Gasteiger partial charge in [-0.3, -0.25) is 0 Å². The highest BCUT2D eigenvalue weighted by Gasteiger charge is 2.19. The predicted octanol–water partition coefficient (Wildman–Crippen LogP) is 11.0. The average Bonchev–Trinajstić information content (AvgIpc) is 3.43. The molecule has 0 radical (unpaired) electrons. The van der Waals surface area contributed by atoms with Gasteiger partial charge in [-0.2, -0.15) is 5.26 Å². The number of nitrogens with one attached hydrogen (secondary N) is 1. The Morgan fingerprint density at radius 2 is 1.50 bits per heavy atom. The zero-order valence-corrected chi connectivity index (χ0v) is 26.7. The molecule has 220 valence electrons. The number of fused-ring (bicyclic) bond motifs is 1. The Hall–Kier alpha value is -4.76. The molecule has 6 rings (SSSR count). The molecule has 44 heavy (non-hydrogen) atoms. The van der Waals surface area contributed by atoms with Crippen molar-refractivity contribution in [3.05, 3.63) is 136 Å². The number of hydrogen-bond donors (Lipinski definition) is 3. The van der Waals surface area contributed by atoms with E-state index < -0.39 is 5.97 Å². The molecule has 0 spiro atoms. The van der Waals surface area contributed by atoms with E-state index >= 15 is 0 Å². The molecular weight excluding hydrogens is 584 g/mol. The average molecular weight is 617 g/mol. The van der Waals surface area contributed by atoms with Gasteiger partial charge >= 0.3 is 5.97 Å². The van der Waals surface area contributed by atoms with Gasteiger partial charge in [-0.25, -0.2) is 4.79 Å². The van der Waals surface area contributed by atoms with E-state index in [0.29, 0.717) is 10.6 Å². The largest absolute Gasteiger partial charge is 0.478 e. The number of aromatic amines is 1. The number of aromatic carboxylic acids is 1. The summed E-state index contributed by atoms with van der Waals surface area (Å²) in [6, 6.07) is 37.1. The van der Waals surface area contributed by atoms with Crippen LogP contribution in [0.3, 0.4) is 0 Å². The molecule has 1 aromatic heterocycles. The van der Waals surface area contributed by atoms with Crippen LogP contribution in [0.2, 0.25) is 5.02 Å². The lowest BCUT2D eigenvalue weighted by atomic mass is 9.92. The molecule has 0 atom stereocenters. The molecule has 4 nitrogen and oxygen atoms in total. The number of hydrogen-bond acceptors (Lipinski definition) is 3. The second kappa shape index (κ2) is 14.6. The van der Waals surface area contributed by atoms with E-state index in [2.05, 4.69) is 36.7 Å². The van der Waals surface area contributed by atoms with Crippen LogP contribution in [0.4, 0.5) is 0 Å². The first kappa shape index (κ1) is 32.2. The molecule has 0 saturated carbocycles. The van der Waals surface area contributed by atoms with Crippen molar-refractivity contribution in [2.45, 2.75) is 32.6 Å². The summed E-state index contributed by atoms with van der Waals surface area (Å²) < 4.78 is 0. The van der Waals surface area contributed by atoms with Gasteiger partial charge in [0.2, 0.25) is 0 Å². The third-order valence-corrected chi connectivity index (χ3v) is 7.68. The second-order valence-corrected chi connectivity index (χ2v) is 10.9. The third kappa shape index (κ3) is 7.06. The number of carboxylic acid groups (broad SMARTS) is 1. The van der Waals surface area contributed by atoms with E-state index in [1.807, 2.05) is 106 Å². The molecule has 0 bridgehead atoms. The molecule has 6 heteroatoms. The smallest absolute Gasteiger partial charge is 0.335 e. The number of carbonyl (C=O) groups is 1. The fourth-order valence-electron chi connectivity index (χ4n) is 4.93. The number of H-pyrrole nitrogens is 1. The van der Waals surface area contributed by atoms with E-state index in [0.717, 1.165) is 54.9 Å². The van der Waals surface area contributed by atoms with Crippen molar-refractivity contribution in [3.63, 3.8) is 0 Å². The summed E-state index contributed by atoms with van der Waals surface area (Å²) in [5, 5.41) is 20.6. The minimum Gasteiger partial charge on any atom is -0.478 e. The van der Waals surface area contributed by atoms with Gasteiger partial charge in [-0.15, -0.1) is 12.6 Å².